The van der Waals surface area contributed by atoms with Crippen molar-refractivity contribution in [1.82, 2.24) is 5.32 Å². The van der Waals surface area contributed by atoms with Gasteiger partial charge >= 0.3 is 0 Å². The molecule has 112 valence electrons. The molecule has 0 aromatic heterocycles. The lowest BCUT2D eigenvalue weighted by molar-refractivity contribution is -0.121. The minimum atomic E-state index is -3.17. The number of ether oxygens (including phenoxy) is 1. The van der Waals surface area contributed by atoms with Gasteiger partial charge in [-0.2, -0.15) is 0 Å². The molecule has 1 amide bonds. The van der Waals surface area contributed by atoms with E-state index in [-0.39, 0.29) is 23.8 Å². The Morgan fingerprint density at radius 3 is 2.60 bits per heavy atom. The highest BCUT2D eigenvalue weighted by Crippen LogP contribution is 2.21. The average Bonchev–Trinajstić information content (AvgIpc) is 2.35. The molecule has 0 spiro atoms. The van der Waals surface area contributed by atoms with Crippen LogP contribution in [0.2, 0.25) is 0 Å². The van der Waals surface area contributed by atoms with E-state index in [0.717, 1.165) is 6.26 Å². The Labute approximate surface area is 118 Å². The second-order valence-corrected chi connectivity index (χ2v) is 6.82. The first-order valence-electron chi connectivity index (χ1n) is 6.03. The Kier molecular flexibility index (Phi) is 5.50. The predicted molar refractivity (Wildman–Crippen MR) is 73.8 cm³/mol. The summed E-state index contributed by atoms with van der Waals surface area (Å²) in [5, 5.41) is 2.62. The number of benzene rings is 1. The van der Waals surface area contributed by atoms with Gasteiger partial charge in [-0.1, -0.05) is 6.07 Å². The summed E-state index contributed by atoms with van der Waals surface area (Å²) in [4.78, 5) is 11.6. The lowest BCUT2D eigenvalue weighted by Gasteiger charge is -2.15. The number of carbonyl (C=O) groups is 1. The summed E-state index contributed by atoms with van der Waals surface area (Å²) in [6.45, 7) is 1.69. The number of methoxy groups -OCH3 is 1. The van der Waals surface area contributed by atoms with Crippen LogP contribution in [0.3, 0.4) is 0 Å². The molecule has 7 heteroatoms. The van der Waals surface area contributed by atoms with Gasteiger partial charge in [-0.05, 0) is 24.6 Å². The summed E-state index contributed by atoms with van der Waals surface area (Å²) in [7, 11) is -1.80. The van der Waals surface area contributed by atoms with E-state index in [0.29, 0.717) is 5.56 Å². The molecule has 5 nitrogen and oxygen atoms in total. The molecule has 1 unspecified atom stereocenters. The Morgan fingerprint density at radius 1 is 1.45 bits per heavy atom. The number of hydrogen-bond donors (Lipinski definition) is 1. The highest BCUT2D eigenvalue weighted by molar-refractivity contribution is 7.90. The van der Waals surface area contributed by atoms with Crippen LogP contribution in [-0.4, -0.2) is 33.4 Å². The van der Waals surface area contributed by atoms with E-state index in [1.807, 2.05) is 0 Å². The summed E-state index contributed by atoms with van der Waals surface area (Å²) in [6.07, 6.45) is 0.963. The van der Waals surface area contributed by atoms with Crippen LogP contribution in [-0.2, 0) is 14.6 Å². The van der Waals surface area contributed by atoms with Crippen molar-refractivity contribution in [3.05, 3.63) is 29.6 Å². The Morgan fingerprint density at radius 2 is 2.10 bits per heavy atom. The third-order valence-corrected chi connectivity index (χ3v) is 3.70. The first-order chi connectivity index (χ1) is 9.23. The maximum Gasteiger partial charge on any atom is 0.221 e. The van der Waals surface area contributed by atoms with E-state index in [4.69, 9.17) is 4.74 Å². The van der Waals surface area contributed by atoms with Gasteiger partial charge in [-0.15, -0.1) is 0 Å². The van der Waals surface area contributed by atoms with Crippen molar-refractivity contribution in [1.29, 1.82) is 0 Å². The van der Waals surface area contributed by atoms with Gasteiger partial charge in [0.2, 0.25) is 5.91 Å². The number of carbonyl (C=O) groups excluding carboxylic acids is 1. The van der Waals surface area contributed by atoms with Crippen LogP contribution in [0.5, 0.6) is 5.75 Å². The maximum absolute atomic E-state index is 13.5. The number of amides is 1. The van der Waals surface area contributed by atoms with Gasteiger partial charge in [0.05, 0.1) is 18.9 Å². The SMILES string of the molecule is COc1ccc(C(C)NC(=O)CCS(C)(=O)=O)cc1F. The lowest BCUT2D eigenvalue weighted by Crippen LogP contribution is -2.28. The largest absolute Gasteiger partial charge is 0.494 e. The van der Waals surface area contributed by atoms with Gasteiger partial charge < -0.3 is 10.1 Å². The second kappa shape index (κ2) is 6.69. The molecule has 0 radical (unpaired) electrons. The van der Waals surface area contributed by atoms with Gasteiger partial charge in [0.15, 0.2) is 11.6 Å². The summed E-state index contributed by atoms with van der Waals surface area (Å²) in [6, 6.07) is 3.98. The van der Waals surface area contributed by atoms with Crippen molar-refractivity contribution in [2.45, 2.75) is 19.4 Å². The standard InChI is InChI=1S/C13H18FNO4S/c1-9(15-13(16)6-7-20(3,17)18)10-4-5-12(19-2)11(14)8-10/h4-5,8-9H,6-7H2,1-3H3,(H,15,16). The molecule has 0 saturated carbocycles. The number of hydrogen-bond acceptors (Lipinski definition) is 4. The predicted octanol–water partition coefficient (Wildman–Crippen LogP) is 1.45. The van der Waals surface area contributed by atoms with E-state index < -0.39 is 21.7 Å². The molecule has 1 atom stereocenters. The van der Waals surface area contributed by atoms with Gasteiger partial charge in [0.25, 0.3) is 0 Å². The van der Waals surface area contributed by atoms with E-state index in [2.05, 4.69) is 5.32 Å². The summed E-state index contributed by atoms with van der Waals surface area (Å²) >= 11 is 0. The normalized spacial score (nSPS) is 12.8. The van der Waals surface area contributed by atoms with Crippen molar-refractivity contribution in [3.63, 3.8) is 0 Å². The van der Waals surface area contributed by atoms with Crippen molar-refractivity contribution >= 4 is 15.7 Å². The molecule has 0 fully saturated rings. The van der Waals surface area contributed by atoms with Gasteiger partial charge in [0, 0.05) is 12.7 Å². The first-order valence-corrected chi connectivity index (χ1v) is 8.09. The highest BCUT2D eigenvalue weighted by Gasteiger charge is 2.13. The van der Waals surface area contributed by atoms with Crippen LogP contribution in [0.4, 0.5) is 4.39 Å². The van der Waals surface area contributed by atoms with Crippen molar-refractivity contribution in [3.8, 4) is 5.75 Å². The number of halogens is 1. The molecule has 0 aliphatic carbocycles. The van der Waals surface area contributed by atoms with Gasteiger partial charge in [-0.3, -0.25) is 4.79 Å². The zero-order valence-electron chi connectivity index (χ0n) is 11.6. The van der Waals surface area contributed by atoms with Crippen LogP contribution in [0.25, 0.3) is 0 Å². The molecular formula is C13H18FNO4S. The van der Waals surface area contributed by atoms with Crippen molar-refractivity contribution < 1.29 is 22.3 Å². The van der Waals surface area contributed by atoms with E-state index in [1.54, 1.807) is 13.0 Å². The Balaban J connectivity index is 2.64. The topological polar surface area (TPSA) is 72.5 Å². The molecule has 1 N–H and O–H groups in total. The van der Waals surface area contributed by atoms with Crippen LogP contribution in [0.15, 0.2) is 18.2 Å². The van der Waals surface area contributed by atoms with Gasteiger partial charge in [-0.25, -0.2) is 12.8 Å². The molecule has 1 aromatic rings. The third kappa shape index (κ3) is 5.16. The van der Waals surface area contributed by atoms with Gasteiger partial charge in [0.1, 0.15) is 9.84 Å². The maximum atomic E-state index is 13.5. The monoisotopic (exact) mass is 303 g/mol. The van der Waals surface area contributed by atoms with E-state index >= 15 is 0 Å². The van der Waals surface area contributed by atoms with Crippen LogP contribution >= 0.6 is 0 Å². The second-order valence-electron chi connectivity index (χ2n) is 4.56. The number of nitrogens with one attached hydrogen (secondary N) is 1. The smallest absolute Gasteiger partial charge is 0.221 e. The van der Waals surface area contributed by atoms with Crippen molar-refractivity contribution in [2.24, 2.45) is 0 Å². The molecule has 1 aromatic carbocycles. The summed E-state index contributed by atoms with van der Waals surface area (Å²) in [5.74, 6) is -0.978. The van der Waals surface area contributed by atoms with E-state index in [1.165, 1.54) is 19.2 Å². The first kappa shape index (κ1) is 16.4. The molecule has 0 aliphatic rings. The number of sulfone groups is 1. The fraction of sp³-hybridized carbons (Fsp3) is 0.462. The Hall–Kier alpha value is -1.63. The molecular weight excluding hydrogens is 285 g/mol. The molecule has 0 aliphatic heterocycles. The molecule has 20 heavy (non-hydrogen) atoms. The fourth-order valence-electron chi connectivity index (χ4n) is 1.63. The molecule has 0 saturated heterocycles. The third-order valence-electron chi connectivity index (χ3n) is 2.75. The summed E-state index contributed by atoms with van der Waals surface area (Å²) < 4.78 is 40.3. The Bertz CT molecular complexity index is 586. The minimum Gasteiger partial charge on any atom is -0.494 e. The summed E-state index contributed by atoms with van der Waals surface area (Å²) in [5.41, 5.74) is 0.580. The number of rotatable bonds is 6. The molecule has 1 rings (SSSR count). The zero-order valence-corrected chi connectivity index (χ0v) is 12.5. The van der Waals surface area contributed by atoms with Crippen LogP contribution < -0.4 is 10.1 Å². The minimum absolute atomic E-state index is 0.109. The average molecular weight is 303 g/mol. The molecule has 0 heterocycles. The molecule has 0 bridgehead atoms. The van der Waals surface area contributed by atoms with Crippen LogP contribution in [0, 0.1) is 5.82 Å². The lowest BCUT2D eigenvalue weighted by atomic mass is 10.1. The van der Waals surface area contributed by atoms with E-state index in [9.17, 15) is 17.6 Å². The fourth-order valence-corrected chi connectivity index (χ4v) is 2.18. The van der Waals surface area contributed by atoms with Crippen LogP contribution in [0.1, 0.15) is 24.9 Å². The quantitative estimate of drug-likeness (QED) is 0.863. The highest BCUT2D eigenvalue weighted by atomic mass is 32.2. The zero-order chi connectivity index (χ0) is 15.3. The van der Waals surface area contributed by atoms with Crippen molar-refractivity contribution in [2.75, 3.05) is 19.1 Å².